The third-order valence-electron chi connectivity index (χ3n) is 4.84. The second kappa shape index (κ2) is 10.4. The van der Waals surface area contributed by atoms with E-state index in [0.29, 0.717) is 12.8 Å². The van der Waals surface area contributed by atoms with Crippen LogP contribution in [0.5, 0.6) is 0 Å². The molecule has 3 unspecified atom stereocenters. The molecule has 0 spiro atoms. The number of ketones is 1. The van der Waals surface area contributed by atoms with Crippen LogP contribution in [0.25, 0.3) is 0 Å². The molecule has 6 heteroatoms. The van der Waals surface area contributed by atoms with Crippen LogP contribution in [0.2, 0.25) is 0 Å². The molecule has 26 heavy (non-hydrogen) atoms. The van der Waals surface area contributed by atoms with Crippen molar-refractivity contribution in [2.75, 3.05) is 0 Å². The standard InChI is InChI=1S/C20H31NO5/c1-3-4-6-11-16(22)20(26,13-15-9-7-5-8-10-15)17(23)12-14(2)18(21)19(24)25/h5,7-10,14,16,18,22,26H,3-4,6,11-13,21H2,1-2H3,(H,24,25)/t14?,16?,18-,20?/m0/s1. The average Bonchev–Trinajstić information content (AvgIpc) is 2.61. The van der Waals surface area contributed by atoms with Crippen LogP contribution in [-0.4, -0.2) is 44.8 Å². The van der Waals surface area contributed by atoms with E-state index in [9.17, 15) is 19.8 Å². The van der Waals surface area contributed by atoms with Crippen LogP contribution in [0.15, 0.2) is 30.3 Å². The Labute approximate surface area is 155 Å². The molecule has 0 aliphatic heterocycles. The van der Waals surface area contributed by atoms with Gasteiger partial charge in [-0.05, 0) is 17.9 Å². The van der Waals surface area contributed by atoms with Gasteiger partial charge in [0.25, 0.3) is 0 Å². The summed E-state index contributed by atoms with van der Waals surface area (Å²) in [4.78, 5) is 23.8. The van der Waals surface area contributed by atoms with Gasteiger partial charge in [-0.15, -0.1) is 0 Å². The van der Waals surface area contributed by atoms with Gasteiger partial charge in [0.15, 0.2) is 11.4 Å². The number of hydrogen-bond acceptors (Lipinski definition) is 5. The second-order valence-corrected chi connectivity index (χ2v) is 7.07. The van der Waals surface area contributed by atoms with Crippen molar-refractivity contribution in [2.24, 2.45) is 11.7 Å². The number of Topliss-reactive ketones (excluding diaryl/α,β-unsaturated/α-hetero) is 1. The van der Waals surface area contributed by atoms with Gasteiger partial charge < -0.3 is 21.1 Å². The van der Waals surface area contributed by atoms with Crippen molar-refractivity contribution in [1.82, 2.24) is 0 Å². The van der Waals surface area contributed by atoms with E-state index in [-0.39, 0.29) is 12.8 Å². The normalized spacial score (nSPS) is 17.1. The quantitative estimate of drug-likeness (QED) is 0.420. The molecule has 1 rings (SSSR count). The van der Waals surface area contributed by atoms with E-state index in [0.717, 1.165) is 18.4 Å². The van der Waals surface area contributed by atoms with Crippen LogP contribution in [-0.2, 0) is 16.0 Å². The molecule has 5 N–H and O–H groups in total. The number of carbonyl (C=O) groups is 2. The Hall–Kier alpha value is -1.76. The first-order chi connectivity index (χ1) is 12.2. The van der Waals surface area contributed by atoms with Gasteiger partial charge in [0, 0.05) is 12.8 Å². The van der Waals surface area contributed by atoms with Gasteiger partial charge >= 0.3 is 5.97 Å². The summed E-state index contributed by atoms with van der Waals surface area (Å²) < 4.78 is 0. The van der Waals surface area contributed by atoms with Crippen molar-refractivity contribution in [2.45, 2.75) is 70.1 Å². The summed E-state index contributed by atoms with van der Waals surface area (Å²) in [6.45, 7) is 3.59. The molecule has 0 radical (unpaired) electrons. The summed E-state index contributed by atoms with van der Waals surface area (Å²) in [5.41, 5.74) is 4.36. The van der Waals surface area contributed by atoms with E-state index < -0.39 is 35.4 Å². The minimum Gasteiger partial charge on any atom is -0.480 e. The predicted octanol–water partition coefficient (Wildman–Crippen LogP) is 1.91. The smallest absolute Gasteiger partial charge is 0.320 e. The number of rotatable bonds is 12. The number of aliphatic hydroxyl groups is 2. The Morgan fingerprint density at radius 3 is 2.35 bits per heavy atom. The van der Waals surface area contributed by atoms with Gasteiger partial charge in [-0.2, -0.15) is 0 Å². The molecule has 0 aliphatic carbocycles. The molecule has 0 aliphatic rings. The fourth-order valence-electron chi connectivity index (χ4n) is 2.98. The Morgan fingerprint density at radius 1 is 1.19 bits per heavy atom. The predicted molar refractivity (Wildman–Crippen MR) is 99.6 cm³/mol. The molecular weight excluding hydrogens is 334 g/mol. The summed E-state index contributed by atoms with van der Waals surface area (Å²) in [7, 11) is 0. The second-order valence-electron chi connectivity index (χ2n) is 7.07. The molecular formula is C20H31NO5. The van der Waals surface area contributed by atoms with Crippen LogP contribution in [0.3, 0.4) is 0 Å². The van der Waals surface area contributed by atoms with Gasteiger partial charge in [-0.25, -0.2) is 0 Å². The third kappa shape index (κ3) is 6.20. The molecule has 4 atom stereocenters. The van der Waals surface area contributed by atoms with Gasteiger partial charge in [-0.1, -0.05) is 63.4 Å². The van der Waals surface area contributed by atoms with E-state index >= 15 is 0 Å². The molecule has 0 bridgehead atoms. The Bertz CT molecular complexity index is 577. The fraction of sp³-hybridized carbons (Fsp3) is 0.600. The SMILES string of the molecule is CCCCCC(O)C(O)(Cc1ccccc1)C(=O)CC(C)[C@H](N)C(=O)O. The lowest BCUT2D eigenvalue weighted by atomic mass is 9.79. The Morgan fingerprint density at radius 2 is 1.81 bits per heavy atom. The largest absolute Gasteiger partial charge is 0.480 e. The average molecular weight is 365 g/mol. The summed E-state index contributed by atoms with van der Waals surface area (Å²) in [5.74, 6) is -2.42. The van der Waals surface area contributed by atoms with Gasteiger partial charge in [0.2, 0.25) is 0 Å². The third-order valence-corrected chi connectivity index (χ3v) is 4.84. The Kier molecular flexibility index (Phi) is 8.92. The number of aliphatic carboxylic acids is 1. The van der Waals surface area contributed by atoms with Crippen molar-refractivity contribution in [3.8, 4) is 0 Å². The molecule has 146 valence electrons. The van der Waals surface area contributed by atoms with E-state index in [1.807, 2.05) is 13.0 Å². The molecule has 1 aromatic rings. The highest BCUT2D eigenvalue weighted by molar-refractivity contribution is 5.89. The number of carbonyl (C=O) groups excluding carboxylic acids is 1. The lowest BCUT2D eigenvalue weighted by molar-refractivity contribution is -0.152. The van der Waals surface area contributed by atoms with Crippen LogP contribution in [0.4, 0.5) is 0 Å². The molecule has 6 nitrogen and oxygen atoms in total. The highest BCUT2D eigenvalue weighted by Crippen LogP contribution is 2.26. The molecule has 0 saturated heterocycles. The first kappa shape index (κ1) is 22.3. The summed E-state index contributed by atoms with van der Waals surface area (Å²) >= 11 is 0. The molecule has 0 heterocycles. The van der Waals surface area contributed by atoms with E-state index in [1.54, 1.807) is 31.2 Å². The van der Waals surface area contributed by atoms with Gasteiger partial charge in [0.05, 0.1) is 6.10 Å². The zero-order chi connectivity index (χ0) is 19.7. The van der Waals surface area contributed by atoms with E-state index in [1.165, 1.54) is 0 Å². The zero-order valence-corrected chi connectivity index (χ0v) is 15.6. The maximum absolute atomic E-state index is 12.8. The topological polar surface area (TPSA) is 121 Å². The Balaban J connectivity index is 2.97. The van der Waals surface area contributed by atoms with E-state index in [4.69, 9.17) is 10.8 Å². The van der Waals surface area contributed by atoms with Crippen molar-refractivity contribution in [3.05, 3.63) is 35.9 Å². The molecule has 0 fully saturated rings. The first-order valence-corrected chi connectivity index (χ1v) is 9.18. The van der Waals surface area contributed by atoms with Crippen LogP contribution in [0.1, 0.15) is 51.5 Å². The van der Waals surface area contributed by atoms with Crippen LogP contribution in [0, 0.1) is 5.92 Å². The number of nitrogens with two attached hydrogens (primary N) is 1. The minimum atomic E-state index is -1.96. The number of unbranched alkanes of at least 4 members (excludes halogenated alkanes) is 2. The van der Waals surface area contributed by atoms with Crippen LogP contribution < -0.4 is 5.73 Å². The number of aliphatic hydroxyl groups excluding tert-OH is 1. The highest BCUT2D eigenvalue weighted by atomic mass is 16.4. The maximum Gasteiger partial charge on any atom is 0.320 e. The molecule has 1 aromatic carbocycles. The summed E-state index contributed by atoms with van der Waals surface area (Å²) in [6.07, 6.45) is 1.43. The molecule has 0 aromatic heterocycles. The lowest BCUT2D eigenvalue weighted by Crippen LogP contribution is -2.52. The minimum absolute atomic E-state index is 0.0189. The maximum atomic E-state index is 12.8. The number of carboxylic acids is 1. The number of benzene rings is 1. The first-order valence-electron chi connectivity index (χ1n) is 9.18. The fourth-order valence-corrected chi connectivity index (χ4v) is 2.98. The van der Waals surface area contributed by atoms with Crippen molar-refractivity contribution < 1.29 is 24.9 Å². The zero-order valence-electron chi connectivity index (χ0n) is 15.6. The van der Waals surface area contributed by atoms with Crippen LogP contribution >= 0.6 is 0 Å². The number of hydrogen-bond donors (Lipinski definition) is 4. The monoisotopic (exact) mass is 365 g/mol. The molecule has 0 amide bonds. The highest BCUT2D eigenvalue weighted by Gasteiger charge is 2.43. The van der Waals surface area contributed by atoms with Gasteiger partial charge in [0.1, 0.15) is 6.04 Å². The van der Waals surface area contributed by atoms with Crippen molar-refractivity contribution >= 4 is 11.8 Å². The number of carboxylic acid groups (broad SMARTS) is 1. The molecule has 0 saturated carbocycles. The van der Waals surface area contributed by atoms with Crippen molar-refractivity contribution in [3.63, 3.8) is 0 Å². The lowest BCUT2D eigenvalue weighted by Gasteiger charge is -2.33. The van der Waals surface area contributed by atoms with E-state index in [2.05, 4.69) is 0 Å². The summed E-state index contributed by atoms with van der Waals surface area (Å²) in [6, 6.07) is 7.79. The van der Waals surface area contributed by atoms with Crippen molar-refractivity contribution in [1.29, 1.82) is 0 Å². The summed E-state index contributed by atoms with van der Waals surface area (Å²) in [5, 5.41) is 30.7. The van der Waals surface area contributed by atoms with Gasteiger partial charge in [-0.3, -0.25) is 9.59 Å².